The molecule has 0 saturated carbocycles. The standard InChI is InChI=1S/C14H19Cl2N5/c1-20(2)8-9-21-12(17)6-7-18-14(21)19-13-10(15)4-3-5-11(13)16/h3-7,12H,8-9,17H2,1-2H3,(H,18,19). The number of nitrogens with two attached hydrogens (primary N) is 1. The maximum absolute atomic E-state index is 6.18. The Kier molecular flexibility index (Phi) is 5.47. The van der Waals surface area contributed by atoms with E-state index in [9.17, 15) is 0 Å². The van der Waals surface area contributed by atoms with E-state index in [1.807, 2.05) is 25.1 Å². The summed E-state index contributed by atoms with van der Waals surface area (Å²) >= 11 is 12.4. The van der Waals surface area contributed by atoms with E-state index >= 15 is 0 Å². The lowest BCUT2D eigenvalue weighted by Crippen LogP contribution is -2.51. The minimum Gasteiger partial charge on any atom is -0.323 e. The van der Waals surface area contributed by atoms with E-state index in [4.69, 9.17) is 28.9 Å². The summed E-state index contributed by atoms with van der Waals surface area (Å²) in [7, 11) is 4.03. The second-order valence-corrected chi connectivity index (χ2v) is 5.82. The number of halogens is 2. The third-order valence-corrected chi connectivity index (χ3v) is 3.73. The van der Waals surface area contributed by atoms with E-state index in [1.54, 1.807) is 24.4 Å². The van der Waals surface area contributed by atoms with E-state index in [0.717, 1.165) is 13.1 Å². The minimum atomic E-state index is -0.230. The van der Waals surface area contributed by atoms with Crippen molar-refractivity contribution in [1.82, 2.24) is 9.80 Å². The number of nitrogens with one attached hydrogen (secondary N) is 1. The average Bonchev–Trinajstić information content (AvgIpc) is 2.42. The van der Waals surface area contributed by atoms with Gasteiger partial charge in [-0.2, -0.15) is 0 Å². The molecule has 114 valence electrons. The largest absolute Gasteiger partial charge is 0.323 e. The highest BCUT2D eigenvalue weighted by molar-refractivity contribution is 6.39. The summed E-state index contributed by atoms with van der Waals surface area (Å²) < 4.78 is 0. The van der Waals surface area contributed by atoms with Gasteiger partial charge in [0.25, 0.3) is 0 Å². The number of aliphatic imine (C=N–C) groups is 1. The lowest BCUT2D eigenvalue weighted by atomic mass is 10.3. The highest BCUT2D eigenvalue weighted by atomic mass is 35.5. The fourth-order valence-corrected chi connectivity index (χ4v) is 2.41. The molecule has 1 aromatic rings. The van der Waals surface area contributed by atoms with Crippen molar-refractivity contribution in [3.8, 4) is 0 Å². The number of para-hydroxylation sites is 1. The SMILES string of the molecule is CN(C)CCN1C(Nc2c(Cl)cccc2Cl)=NC=CC1N. The molecule has 2 rings (SSSR count). The summed E-state index contributed by atoms with van der Waals surface area (Å²) in [4.78, 5) is 8.41. The number of hydrogen-bond acceptors (Lipinski definition) is 5. The molecule has 1 aliphatic heterocycles. The molecule has 1 heterocycles. The molecule has 0 saturated heterocycles. The molecule has 0 radical (unpaired) electrons. The number of likely N-dealkylation sites (N-methyl/N-ethyl adjacent to an activating group) is 1. The monoisotopic (exact) mass is 327 g/mol. The van der Waals surface area contributed by atoms with Crippen molar-refractivity contribution in [2.24, 2.45) is 10.7 Å². The molecule has 0 amide bonds. The third kappa shape index (κ3) is 4.11. The number of benzene rings is 1. The summed E-state index contributed by atoms with van der Waals surface area (Å²) in [6.45, 7) is 1.60. The first kappa shape index (κ1) is 16.1. The van der Waals surface area contributed by atoms with Crippen LogP contribution in [0, 0.1) is 0 Å². The van der Waals surface area contributed by atoms with Gasteiger partial charge < -0.3 is 20.9 Å². The van der Waals surface area contributed by atoms with Crippen LogP contribution in [0.1, 0.15) is 0 Å². The van der Waals surface area contributed by atoms with Crippen LogP contribution in [0.2, 0.25) is 10.0 Å². The van der Waals surface area contributed by atoms with Gasteiger partial charge in [-0.05, 0) is 32.3 Å². The number of rotatable bonds is 4. The fraction of sp³-hybridized carbons (Fsp3) is 0.357. The summed E-state index contributed by atoms with van der Waals surface area (Å²) in [5.74, 6) is 0.641. The number of guanidine groups is 1. The van der Waals surface area contributed by atoms with Crippen LogP contribution in [-0.4, -0.2) is 49.1 Å². The summed E-state index contributed by atoms with van der Waals surface area (Å²) in [5.41, 5.74) is 6.76. The zero-order valence-corrected chi connectivity index (χ0v) is 13.6. The van der Waals surface area contributed by atoms with E-state index in [0.29, 0.717) is 21.7 Å². The molecule has 5 nitrogen and oxygen atoms in total. The maximum Gasteiger partial charge on any atom is 0.204 e. The predicted octanol–water partition coefficient (Wildman–Crippen LogP) is 2.44. The first-order valence-corrected chi connectivity index (χ1v) is 7.37. The van der Waals surface area contributed by atoms with Crippen LogP contribution >= 0.6 is 23.2 Å². The third-order valence-electron chi connectivity index (χ3n) is 3.10. The van der Waals surface area contributed by atoms with E-state index in [1.165, 1.54) is 0 Å². The van der Waals surface area contributed by atoms with Crippen LogP contribution in [0.25, 0.3) is 0 Å². The zero-order valence-electron chi connectivity index (χ0n) is 12.1. The molecular formula is C14H19Cl2N5. The Morgan fingerprint density at radius 2 is 2.00 bits per heavy atom. The highest BCUT2D eigenvalue weighted by Gasteiger charge is 2.21. The van der Waals surface area contributed by atoms with Crippen molar-refractivity contribution >= 4 is 34.8 Å². The Morgan fingerprint density at radius 1 is 1.33 bits per heavy atom. The highest BCUT2D eigenvalue weighted by Crippen LogP contribution is 2.30. The van der Waals surface area contributed by atoms with Crippen molar-refractivity contribution in [1.29, 1.82) is 0 Å². The first-order chi connectivity index (χ1) is 9.99. The van der Waals surface area contributed by atoms with Gasteiger partial charge in [0, 0.05) is 19.3 Å². The quantitative estimate of drug-likeness (QED) is 0.891. The summed E-state index contributed by atoms with van der Waals surface area (Å²) in [6.07, 6.45) is 3.30. The van der Waals surface area contributed by atoms with Gasteiger partial charge in [-0.3, -0.25) is 0 Å². The lowest BCUT2D eigenvalue weighted by Gasteiger charge is -2.33. The van der Waals surface area contributed by atoms with Crippen molar-refractivity contribution in [3.63, 3.8) is 0 Å². The van der Waals surface area contributed by atoms with Gasteiger partial charge in [-0.15, -0.1) is 0 Å². The van der Waals surface area contributed by atoms with Gasteiger partial charge in [-0.25, -0.2) is 4.99 Å². The van der Waals surface area contributed by atoms with Crippen LogP contribution in [0.15, 0.2) is 35.5 Å². The van der Waals surface area contributed by atoms with Gasteiger partial charge in [0.2, 0.25) is 5.96 Å². The molecule has 1 aliphatic rings. The van der Waals surface area contributed by atoms with Crippen LogP contribution in [0.4, 0.5) is 5.69 Å². The van der Waals surface area contributed by atoms with Crippen LogP contribution in [-0.2, 0) is 0 Å². The van der Waals surface area contributed by atoms with Crippen molar-refractivity contribution < 1.29 is 0 Å². The molecule has 21 heavy (non-hydrogen) atoms. The number of nitrogens with zero attached hydrogens (tertiary/aromatic N) is 3. The second-order valence-electron chi connectivity index (χ2n) is 5.00. The predicted molar refractivity (Wildman–Crippen MR) is 89.9 cm³/mol. The molecule has 7 heteroatoms. The summed E-state index contributed by atoms with van der Waals surface area (Å²) in [5, 5.41) is 4.27. The Balaban J connectivity index is 2.19. The minimum absolute atomic E-state index is 0.230. The molecule has 0 bridgehead atoms. The average molecular weight is 328 g/mol. The molecular weight excluding hydrogens is 309 g/mol. The fourth-order valence-electron chi connectivity index (χ4n) is 1.92. The van der Waals surface area contributed by atoms with Gasteiger partial charge in [0.05, 0.1) is 15.7 Å². The summed E-state index contributed by atoms with van der Waals surface area (Å²) in [6, 6.07) is 5.35. The Hall–Kier alpha value is -1.27. The normalized spacial score (nSPS) is 18.1. The van der Waals surface area contributed by atoms with E-state index in [2.05, 4.69) is 15.2 Å². The smallest absolute Gasteiger partial charge is 0.204 e. The maximum atomic E-state index is 6.18. The van der Waals surface area contributed by atoms with Crippen LogP contribution < -0.4 is 11.1 Å². The van der Waals surface area contributed by atoms with E-state index < -0.39 is 0 Å². The topological polar surface area (TPSA) is 56.9 Å². The van der Waals surface area contributed by atoms with Gasteiger partial charge >= 0.3 is 0 Å². The molecule has 0 aromatic heterocycles. The number of hydrogen-bond donors (Lipinski definition) is 2. The Labute approximate surface area is 135 Å². The van der Waals surface area contributed by atoms with Gasteiger partial charge in [-0.1, -0.05) is 29.3 Å². The Morgan fingerprint density at radius 3 is 2.62 bits per heavy atom. The molecule has 1 aromatic carbocycles. The van der Waals surface area contributed by atoms with E-state index in [-0.39, 0.29) is 6.17 Å². The zero-order chi connectivity index (χ0) is 15.4. The molecule has 0 aliphatic carbocycles. The van der Waals surface area contributed by atoms with Crippen LogP contribution in [0.5, 0.6) is 0 Å². The number of anilines is 1. The van der Waals surface area contributed by atoms with Gasteiger partial charge in [0.1, 0.15) is 6.17 Å². The van der Waals surface area contributed by atoms with Gasteiger partial charge in [0.15, 0.2) is 0 Å². The van der Waals surface area contributed by atoms with Crippen molar-refractivity contribution in [2.45, 2.75) is 6.17 Å². The second kappa shape index (κ2) is 7.13. The molecule has 0 spiro atoms. The molecule has 1 atom stereocenters. The molecule has 1 unspecified atom stereocenters. The first-order valence-electron chi connectivity index (χ1n) is 6.61. The van der Waals surface area contributed by atoms with Crippen molar-refractivity contribution in [2.75, 3.05) is 32.5 Å². The van der Waals surface area contributed by atoms with Crippen LogP contribution in [0.3, 0.4) is 0 Å². The molecule has 3 N–H and O–H groups in total. The van der Waals surface area contributed by atoms with Crippen molar-refractivity contribution in [3.05, 3.63) is 40.5 Å². The lowest BCUT2D eigenvalue weighted by molar-refractivity contribution is 0.299. The Bertz CT molecular complexity index is 536. The molecule has 0 fully saturated rings.